The fraction of sp³-hybridized carbons (Fsp3) is 0.625. The molecule has 2 unspecified atom stereocenters. The fourth-order valence-electron chi connectivity index (χ4n) is 1.24. The maximum absolute atomic E-state index is 12.8. The van der Waals surface area contributed by atoms with Gasteiger partial charge in [-0.2, -0.15) is 0 Å². The van der Waals surface area contributed by atoms with E-state index < -0.39 is 6.17 Å². The number of carbonyl (C=O) groups excluding carboxylic acids is 1. The molecule has 1 fully saturated rings. The molecule has 1 aliphatic rings. The highest BCUT2D eigenvalue weighted by atomic mass is 19.1. The highest BCUT2D eigenvalue weighted by Gasteiger charge is 2.30. The van der Waals surface area contributed by atoms with Gasteiger partial charge in [0, 0.05) is 12.5 Å². The third-order valence-electron chi connectivity index (χ3n) is 2.01. The van der Waals surface area contributed by atoms with Crippen molar-refractivity contribution in [3.63, 3.8) is 0 Å². The van der Waals surface area contributed by atoms with Crippen LogP contribution in [0, 0.1) is 5.92 Å². The van der Waals surface area contributed by atoms with Gasteiger partial charge in [-0.3, -0.25) is 4.79 Å². The van der Waals surface area contributed by atoms with Crippen molar-refractivity contribution in [3.8, 4) is 0 Å². The molecule has 1 rings (SSSR count). The van der Waals surface area contributed by atoms with Crippen LogP contribution in [0.3, 0.4) is 0 Å². The molecule has 0 aromatic heterocycles. The molecule has 62 valence electrons. The maximum atomic E-state index is 12.8. The molecule has 3 heteroatoms. The van der Waals surface area contributed by atoms with Crippen molar-refractivity contribution in [2.45, 2.75) is 13.1 Å². The van der Waals surface area contributed by atoms with Crippen LogP contribution in [0.5, 0.6) is 0 Å². The Morgan fingerprint density at radius 3 is 2.73 bits per heavy atom. The summed E-state index contributed by atoms with van der Waals surface area (Å²) >= 11 is 0. The molecule has 2 nitrogen and oxygen atoms in total. The van der Waals surface area contributed by atoms with Gasteiger partial charge < -0.3 is 4.90 Å². The number of rotatable bonds is 1. The van der Waals surface area contributed by atoms with Crippen molar-refractivity contribution in [1.82, 2.24) is 4.90 Å². The molecule has 1 amide bonds. The maximum Gasteiger partial charge on any atom is 0.246 e. The smallest absolute Gasteiger partial charge is 0.246 e. The van der Waals surface area contributed by atoms with E-state index in [9.17, 15) is 9.18 Å². The normalized spacial score (nSPS) is 30.5. The van der Waals surface area contributed by atoms with Crippen LogP contribution >= 0.6 is 0 Å². The quantitative estimate of drug-likeness (QED) is 0.520. The summed E-state index contributed by atoms with van der Waals surface area (Å²) in [4.78, 5) is 12.4. The predicted molar refractivity (Wildman–Crippen MR) is 40.8 cm³/mol. The van der Waals surface area contributed by atoms with E-state index in [-0.39, 0.29) is 18.4 Å². The van der Waals surface area contributed by atoms with Crippen LogP contribution in [0.4, 0.5) is 4.39 Å². The second kappa shape index (κ2) is 3.03. The summed E-state index contributed by atoms with van der Waals surface area (Å²) in [7, 11) is 0. The molecule has 0 radical (unpaired) electrons. The molecular formula is C8H12FNO. The number of hydrogen-bond donors (Lipinski definition) is 0. The molecule has 0 N–H and O–H groups in total. The van der Waals surface area contributed by atoms with Gasteiger partial charge >= 0.3 is 0 Å². The Hall–Kier alpha value is -0.860. The van der Waals surface area contributed by atoms with Gasteiger partial charge in [0.1, 0.15) is 6.17 Å². The SMILES string of the molecule is C=CC(=O)N1CC(C)C(F)C1. The van der Waals surface area contributed by atoms with E-state index in [1.807, 2.05) is 0 Å². The average molecular weight is 157 g/mol. The topological polar surface area (TPSA) is 20.3 Å². The van der Waals surface area contributed by atoms with Crippen LogP contribution in [-0.2, 0) is 4.79 Å². The first-order valence-corrected chi connectivity index (χ1v) is 3.70. The second-order valence-electron chi connectivity index (χ2n) is 2.94. The summed E-state index contributed by atoms with van der Waals surface area (Å²) in [6.45, 7) is 5.90. The van der Waals surface area contributed by atoms with E-state index >= 15 is 0 Å². The Balaban J connectivity index is 2.53. The molecule has 2 atom stereocenters. The molecule has 0 spiro atoms. The van der Waals surface area contributed by atoms with Crippen LogP contribution in [0.15, 0.2) is 12.7 Å². The summed E-state index contributed by atoms with van der Waals surface area (Å²) < 4.78 is 12.8. The van der Waals surface area contributed by atoms with Gasteiger partial charge in [0.2, 0.25) is 5.91 Å². The number of halogens is 1. The first-order valence-electron chi connectivity index (χ1n) is 3.70. The summed E-state index contributed by atoms with van der Waals surface area (Å²) in [5.41, 5.74) is 0. The van der Waals surface area contributed by atoms with Crippen LogP contribution in [0.2, 0.25) is 0 Å². The summed E-state index contributed by atoms with van der Waals surface area (Å²) in [6.07, 6.45) is 0.365. The zero-order valence-electron chi connectivity index (χ0n) is 6.59. The molecule has 0 aromatic rings. The van der Waals surface area contributed by atoms with Gasteiger partial charge in [0.05, 0.1) is 6.54 Å². The summed E-state index contributed by atoms with van der Waals surface area (Å²) in [6, 6.07) is 0. The van der Waals surface area contributed by atoms with Crippen molar-refractivity contribution >= 4 is 5.91 Å². The van der Waals surface area contributed by atoms with E-state index in [0.29, 0.717) is 6.54 Å². The number of amides is 1. The van der Waals surface area contributed by atoms with Crippen molar-refractivity contribution in [2.24, 2.45) is 5.92 Å². The highest BCUT2D eigenvalue weighted by molar-refractivity contribution is 5.87. The Labute approximate surface area is 65.7 Å². The minimum atomic E-state index is -0.862. The number of alkyl halides is 1. The predicted octanol–water partition coefficient (Wildman–Crippen LogP) is 0.989. The van der Waals surface area contributed by atoms with E-state index in [4.69, 9.17) is 0 Å². The second-order valence-corrected chi connectivity index (χ2v) is 2.94. The van der Waals surface area contributed by atoms with E-state index in [0.717, 1.165) is 0 Å². The van der Waals surface area contributed by atoms with Crippen molar-refractivity contribution in [1.29, 1.82) is 0 Å². The molecule has 11 heavy (non-hydrogen) atoms. The molecule has 1 aliphatic heterocycles. The van der Waals surface area contributed by atoms with Gasteiger partial charge in [0.25, 0.3) is 0 Å². The van der Waals surface area contributed by atoms with Crippen LogP contribution < -0.4 is 0 Å². The van der Waals surface area contributed by atoms with Gasteiger partial charge in [0.15, 0.2) is 0 Å². The van der Waals surface area contributed by atoms with Crippen molar-refractivity contribution in [3.05, 3.63) is 12.7 Å². The molecule has 0 bridgehead atoms. The lowest BCUT2D eigenvalue weighted by atomic mass is 10.1. The van der Waals surface area contributed by atoms with Crippen molar-refractivity contribution in [2.75, 3.05) is 13.1 Å². The highest BCUT2D eigenvalue weighted by Crippen LogP contribution is 2.18. The minimum absolute atomic E-state index is 0.0288. The lowest BCUT2D eigenvalue weighted by molar-refractivity contribution is -0.125. The standard InChI is InChI=1S/C8H12FNO/c1-3-8(11)10-4-6(2)7(9)5-10/h3,6-7H,1,4-5H2,2H3. The fourth-order valence-corrected chi connectivity index (χ4v) is 1.24. The minimum Gasteiger partial charge on any atom is -0.336 e. The van der Waals surface area contributed by atoms with Gasteiger partial charge in [-0.15, -0.1) is 0 Å². The number of likely N-dealkylation sites (tertiary alicyclic amines) is 1. The number of nitrogens with zero attached hydrogens (tertiary/aromatic N) is 1. The monoisotopic (exact) mass is 157 g/mol. The zero-order valence-corrected chi connectivity index (χ0v) is 6.59. The Morgan fingerprint density at radius 2 is 2.36 bits per heavy atom. The van der Waals surface area contributed by atoms with Crippen LogP contribution in [0.25, 0.3) is 0 Å². The van der Waals surface area contributed by atoms with Crippen molar-refractivity contribution < 1.29 is 9.18 Å². The number of hydrogen-bond acceptors (Lipinski definition) is 1. The number of carbonyl (C=O) groups is 1. The van der Waals surface area contributed by atoms with Crippen LogP contribution in [0.1, 0.15) is 6.92 Å². The molecule has 1 saturated heterocycles. The van der Waals surface area contributed by atoms with Gasteiger partial charge in [-0.25, -0.2) is 4.39 Å². The molecule has 1 heterocycles. The molecule has 0 aliphatic carbocycles. The van der Waals surface area contributed by atoms with E-state index in [2.05, 4.69) is 6.58 Å². The summed E-state index contributed by atoms with van der Waals surface area (Å²) in [5, 5.41) is 0. The van der Waals surface area contributed by atoms with Gasteiger partial charge in [-0.05, 0) is 6.08 Å². The largest absolute Gasteiger partial charge is 0.336 e. The lowest BCUT2D eigenvalue weighted by Crippen LogP contribution is -2.26. The molecule has 0 saturated carbocycles. The zero-order chi connectivity index (χ0) is 8.43. The summed E-state index contributed by atoms with van der Waals surface area (Å²) in [5.74, 6) is -0.198. The molecule has 0 aromatic carbocycles. The van der Waals surface area contributed by atoms with Gasteiger partial charge in [-0.1, -0.05) is 13.5 Å². The molecular weight excluding hydrogens is 145 g/mol. The Bertz CT molecular complexity index is 171. The third kappa shape index (κ3) is 1.59. The first kappa shape index (κ1) is 8.24. The van der Waals surface area contributed by atoms with Crippen LogP contribution in [-0.4, -0.2) is 30.1 Å². The van der Waals surface area contributed by atoms with E-state index in [1.165, 1.54) is 11.0 Å². The Morgan fingerprint density at radius 1 is 1.73 bits per heavy atom. The Kier molecular flexibility index (Phi) is 2.27. The third-order valence-corrected chi connectivity index (χ3v) is 2.01. The first-order chi connectivity index (χ1) is 5.15. The lowest BCUT2D eigenvalue weighted by Gasteiger charge is -2.11. The average Bonchev–Trinajstić information content (AvgIpc) is 2.31. The van der Waals surface area contributed by atoms with E-state index in [1.54, 1.807) is 6.92 Å².